The molecule has 0 aromatic carbocycles. The number of carbonyl (C=O) groups excluding carboxylic acids is 2. The Hall–Kier alpha value is -1.17. The highest BCUT2D eigenvalue weighted by molar-refractivity contribution is 8.27. The number of hydrazone groups is 1. The molecule has 2 heterocycles. The van der Waals surface area contributed by atoms with Crippen molar-refractivity contribution in [3.8, 4) is 0 Å². The molecule has 0 spiro atoms. The zero-order chi connectivity index (χ0) is 10.3. The Balaban J connectivity index is 2.31. The largest absolute Gasteiger partial charge is 0.272 e. The van der Waals surface area contributed by atoms with Gasteiger partial charge in [-0.15, -0.1) is 0 Å². The lowest BCUT2D eigenvalue weighted by Crippen LogP contribution is -2.33. The molecule has 2 aliphatic heterocycles. The van der Waals surface area contributed by atoms with Crippen LogP contribution in [0.3, 0.4) is 0 Å². The smallest absolute Gasteiger partial charge is 0.258 e. The standard InChI is InChI=1S/C8H9N3O2S/c1-4(2)7-10-11-6(13)3-5(12)9-8(11)14-7/h4H,3H2,1-2H3. The summed E-state index contributed by atoms with van der Waals surface area (Å²) in [5.41, 5.74) is 0. The van der Waals surface area contributed by atoms with E-state index in [2.05, 4.69) is 10.1 Å². The van der Waals surface area contributed by atoms with Crippen molar-refractivity contribution < 1.29 is 9.59 Å². The lowest BCUT2D eigenvalue weighted by atomic mass is 10.2. The van der Waals surface area contributed by atoms with Crippen LogP contribution in [0.5, 0.6) is 0 Å². The first-order valence-corrected chi connectivity index (χ1v) is 5.10. The minimum atomic E-state index is -0.381. The summed E-state index contributed by atoms with van der Waals surface area (Å²) >= 11 is 1.29. The number of carbonyl (C=O) groups is 2. The first kappa shape index (κ1) is 9.39. The second-order valence-corrected chi connectivity index (χ2v) is 4.35. The molecular weight excluding hydrogens is 202 g/mol. The van der Waals surface area contributed by atoms with Crippen molar-refractivity contribution in [3.63, 3.8) is 0 Å². The summed E-state index contributed by atoms with van der Waals surface area (Å²) in [6, 6.07) is 0. The first-order valence-electron chi connectivity index (χ1n) is 4.29. The second-order valence-electron chi connectivity index (χ2n) is 3.37. The average Bonchev–Trinajstić information content (AvgIpc) is 2.47. The summed E-state index contributed by atoms with van der Waals surface area (Å²) in [6.45, 7) is 3.97. The molecule has 14 heavy (non-hydrogen) atoms. The number of rotatable bonds is 1. The fraction of sp³-hybridized carbons (Fsp3) is 0.500. The van der Waals surface area contributed by atoms with E-state index >= 15 is 0 Å². The van der Waals surface area contributed by atoms with E-state index < -0.39 is 0 Å². The minimum absolute atomic E-state index is 0.168. The van der Waals surface area contributed by atoms with Gasteiger partial charge in [0.05, 0.1) is 0 Å². The van der Waals surface area contributed by atoms with E-state index in [1.807, 2.05) is 13.8 Å². The topological polar surface area (TPSA) is 62.1 Å². The Morgan fingerprint density at radius 2 is 2.14 bits per heavy atom. The number of amidine groups is 1. The van der Waals surface area contributed by atoms with Crippen LogP contribution < -0.4 is 0 Å². The predicted octanol–water partition coefficient (Wildman–Crippen LogP) is 0.818. The molecule has 0 fully saturated rings. The highest BCUT2D eigenvalue weighted by Gasteiger charge is 2.34. The molecule has 2 aliphatic rings. The number of thioether (sulfide) groups is 1. The fourth-order valence-electron chi connectivity index (χ4n) is 1.11. The van der Waals surface area contributed by atoms with Crippen LogP contribution in [0.4, 0.5) is 0 Å². The number of hydrogen-bond donors (Lipinski definition) is 0. The van der Waals surface area contributed by atoms with Crippen LogP contribution in [0.15, 0.2) is 10.1 Å². The van der Waals surface area contributed by atoms with E-state index in [-0.39, 0.29) is 24.2 Å². The maximum Gasteiger partial charge on any atom is 0.258 e. The molecule has 0 aromatic rings. The summed E-state index contributed by atoms with van der Waals surface area (Å²) in [4.78, 5) is 26.1. The fourth-order valence-corrected chi connectivity index (χ4v) is 2.04. The normalized spacial score (nSPS) is 21.2. The van der Waals surface area contributed by atoms with Crippen molar-refractivity contribution in [1.29, 1.82) is 0 Å². The quantitative estimate of drug-likeness (QED) is 0.603. The predicted molar refractivity (Wildman–Crippen MR) is 53.8 cm³/mol. The summed E-state index contributed by atoms with van der Waals surface area (Å²) in [7, 11) is 0. The zero-order valence-electron chi connectivity index (χ0n) is 7.85. The average molecular weight is 211 g/mol. The maximum atomic E-state index is 11.4. The van der Waals surface area contributed by atoms with Crippen molar-refractivity contribution >= 4 is 33.8 Å². The van der Waals surface area contributed by atoms with E-state index in [0.717, 1.165) is 5.04 Å². The Morgan fingerprint density at radius 3 is 2.79 bits per heavy atom. The molecule has 5 nitrogen and oxygen atoms in total. The number of fused-ring (bicyclic) bond motifs is 1. The molecular formula is C8H9N3O2S. The van der Waals surface area contributed by atoms with Crippen LogP contribution in [-0.2, 0) is 9.59 Å². The number of nitrogens with zero attached hydrogens (tertiary/aromatic N) is 3. The molecule has 0 saturated heterocycles. The van der Waals surface area contributed by atoms with Crippen LogP contribution in [0.25, 0.3) is 0 Å². The van der Waals surface area contributed by atoms with Gasteiger partial charge in [0.2, 0.25) is 5.17 Å². The highest BCUT2D eigenvalue weighted by Crippen LogP contribution is 2.28. The monoisotopic (exact) mass is 211 g/mol. The third kappa shape index (κ3) is 1.45. The van der Waals surface area contributed by atoms with Gasteiger partial charge < -0.3 is 0 Å². The summed E-state index contributed by atoms with van der Waals surface area (Å²) in [5.74, 6) is -0.423. The van der Waals surface area contributed by atoms with Crippen molar-refractivity contribution in [2.45, 2.75) is 20.3 Å². The van der Waals surface area contributed by atoms with Crippen LogP contribution in [0.2, 0.25) is 0 Å². The minimum Gasteiger partial charge on any atom is -0.272 e. The maximum absolute atomic E-state index is 11.4. The molecule has 2 rings (SSSR count). The van der Waals surface area contributed by atoms with Crippen LogP contribution in [0, 0.1) is 5.92 Å². The molecule has 74 valence electrons. The van der Waals surface area contributed by atoms with Gasteiger partial charge in [-0.3, -0.25) is 9.59 Å². The van der Waals surface area contributed by atoms with Crippen molar-refractivity contribution in [2.24, 2.45) is 16.0 Å². The zero-order valence-corrected chi connectivity index (χ0v) is 8.67. The van der Waals surface area contributed by atoms with Gasteiger partial charge in [0, 0.05) is 5.92 Å². The SMILES string of the molecule is CC(C)C1=NN2C(=O)CC(=O)N=C2S1. The third-order valence-corrected chi connectivity index (χ3v) is 3.04. The molecule has 0 aliphatic carbocycles. The second kappa shape index (κ2) is 3.20. The Labute approximate surface area is 85.2 Å². The number of amides is 2. The van der Waals surface area contributed by atoms with Gasteiger partial charge in [0.25, 0.3) is 11.8 Å². The molecule has 0 saturated carbocycles. The van der Waals surface area contributed by atoms with Crippen LogP contribution in [0.1, 0.15) is 20.3 Å². The van der Waals surface area contributed by atoms with Crippen LogP contribution >= 0.6 is 11.8 Å². The highest BCUT2D eigenvalue weighted by atomic mass is 32.2. The molecule has 0 radical (unpaired) electrons. The molecule has 0 aromatic heterocycles. The molecule has 0 atom stereocenters. The van der Waals surface area contributed by atoms with Gasteiger partial charge >= 0.3 is 0 Å². The molecule has 0 N–H and O–H groups in total. The molecule has 0 bridgehead atoms. The summed E-state index contributed by atoms with van der Waals surface area (Å²) in [5, 5.41) is 6.55. The van der Waals surface area contributed by atoms with Gasteiger partial charge in [0.1, 0.15) is 11.5 Å². The van der Waals surface area contributed by atoms with E-state index in [9.17, 15) is 9.59 Å². The van der Waals surface area contributed by atoms with E-state index in [1.54, 1.807) is 0 Å². The van der Waals surface area contributed by atoms with Gasteiger partial charge in [-0.25, -0.2) is 0 Å². The Bertz CT molecular complexity index is 373. The van der Waals surface area contributed by atoms with Gasteiger partial charge in [0.15, 0.2) is 0 Å². The number of hydrogen-bond acceptors (Lipinski definition) is 4. The third-order valence-electron chi connectivity index (χ3n) is 1.83. The van der Waals surface area contributed by atoms with Gasteiger partial charge in [-0.05, 0) is 11.8 Å². The number of aliphatic imine (C=N–C) groups is 1. The molecule has 0 unspecified atom stereocenters. The van der Waals surface area contributed by atoms with Crippen molar-refractivity contribution in [1.82, 2.24) is 5.01 Å². The van der Waals surface area contributed by atoms with E-state index in [4.69, 9.17) is 0 Å². The van der Waals surface area contributed by atoms with Gasteiger partial charge in [-0.1, -0.05) is 13.8 Å². The van der Waals surface area contributed by atoms with Crippen molar-refractivity contribution in [3.05, 3.63) is 0 Å². The van der Waals surface area contributed by atoms with E-state index in [0.29, 0.717) is 5.17 Å². The molecule has 2 amide bonds. The first-order chi connectivity index (χ1) is 6.58. The van der Waals surface area contributed by atoms with Crippen molar-refractivity contribution in [2.75, 3.05) is 0 Å². The van der Waals surface area contributed by atoms with Gasteiger partial charge in [-0.2, -0.15) is 15.1 Å². The lowest BCUT2D eigenvalue weighted by molar-refractivity contribution is -0.133. The summed E-state index contributed by atoms with van der Waals surface area (Å²) < 4.78 is 0. The van der Waals surface area contributed by atoms with E-state index in [1.165, 1.54) is 16.8 Å². The Kier molecular flexibility index (Phi) is 2.14. The lowest BCUT2D eigenvalue weighted by Gasteiger charge is -2.14. The Morgan fingerprint density at radius 1 is 1.43 bits per heavy atom. The van der Waals surface area contributed by atoms with Crippen LogP contribution in [-0.4, -0.2) is 27.0 Å². The summed E-state index contributed by atoms with van der Waals surface area (Å²) in [6.07, 6.45) is -0.168. The molecule has 6 heteroatoms.